The second kappa shape index (κ2) is 20.7. The molecule has 0 saturated heterocycles. The lowest BCUT2D eigenvalue weighted by Crippen LogP contribution is -2.32. The maximum atomic E-state index is 10.9. The van der Waals surface area contributed by atoms with E-state index in [2.05, 4.69) is 11.1 Å². The quantitative estimate of drug-likeness (QED) is 0.0992. The zero-order valence-electron chi connectivity index (χ0n) is 20.2. The number of hydrogen-bond acceptors (Lipinski definition) is 4. The Kier molecular flexibility index (Phi) is 20.6. The van der Waals surface area contributed by atoms with Crippen molar-refractivity contribution in [2.75, 3.05) is 14.1 Å². The Bertz CT molecular complexity index is 454. The van der Waals surface area contributed by atoms with Crippen LogP contribution >= 0.6 is 0 Å². The topological polar surface area (TPSA) is 66.8 Å². The van der Waals surface area contributed by atoms with Gasteiger partial charge >= 0.3 is 10.4 Å². The smallest absolute Gasteiger partial charge is 0.283 e. The highest BCUT2D eigenvalue weighted by Crippen LogP contribution is 2.16. The Morgan fingerprint density at radius 3 is 1.20 bits per heavy atom. The Morgan fingerprint density at radius 2 is 0.933 bits per heavy atom. The first-order valence-corrected chi connectivity index (χ1v) is 14.1. The molecule has 0 spiro atoms. The first-order chi connectivity index (χ1) is 14.4. The van der Waals surface area contributed by atoms with Crippen molar-refractivity contribution in [3.63, 3.8) is 0 Å². The lowest BCUT2D eigenvalue weighted by Gasteiger charge is -2.22. The summed E-state index contributed by atoms with van der Waals surface area (Å²) in [5.74, 6) is 0. The van der Waals surface area contributed by atoms with Gasteiger partial charge in [0.05, 0.1) is 0 Å². The third-order valence-electron chi connectivity index (χ3n) is 5.86. The fraction of sp³-hybridized carbons (Fsp3) is 1.00. The number of rotatable bonds is 23. The van der Waals surface area contributed by atoms with Crippen LogP contribution in [0.1, 0.15) is 135 Å². The van der Waals surface area contributed by atoms with Gasteiger partial charge in [-0.1, -0.05) is 122 Å². The molecule has 0 heterocycles. The molecule has 0 aromatic heterocycles. The van der Waals surface area contributed by atoms with Crippen molar-refractivity contribution in [2.45, 2.75) is 142 Å². The maximum absolute atomic E-state index is 10.9. The summed E-state index contributed by atoms with van der Waals surface area (Å²) < 4.78 is 35.2. The van der Waals surface area contributed by atoms with Crippen molar-refractivity contribution >= 4 is 10.4 Å². The summed E-state index contributed by atoms with van der Waals surface area (Å²) in [6, 6.07) is 0. The van der Waals surface area contributed by atoms with Crippen LogP contribution in [0.15, 0.2) is 0 Å². The molecule has 0 aromatic rings. The Labute approximate surface area is 188 Å². The number of unbranched alkanes of at least 4 members (excludes halogenated alkanes) is 18. The van der Waals surface area contributed by atoms with Gasteiger partial charge in [0.1, 0.15) is 6.23 Å². The van der Waals surface area contributed by atoms with Gasteiger partial charge in [-0.05, 0) is 26.9 Å². The number of hydrogen-bond donors (Lipinski definition) is 1. The van der Waals surface area contributed by atoms with Gasteiger partial charge < -0.3 is 0 Å². The molecule has 0 saturated carbocycles. The zero-order valence-corrected chi connectivity index (χ0v) is 21.1. The minimum Gasteiger partial charge on any atom is -0.283 e. The highest BCUT2D eigenvalue weighted by molar-refractivity contribution is 7.80. The van der Waals surface area contributed by atoms with E-state index in [4.69, 9.17) is 4.55 Å². The normalized spacial score (nSPS) is 13.2. The summed E-state index contributed by atoms with van der Waals surface area (Å²) in [6.45, 7) is 2.28. The van der Waals surface area contributed by atoms with E-state index in [1.807, 2.05) is 0 Å². The van der Waals surface area contributed by atoms with Crippen molar-refractivity contribution in [2.24, 2.45) is 0 Å². The molecular weight excluding hydrogens is 398 g/mol. The largest absolute Gasteiger partial charge is 0.398 e. The highest BCUT2D eigenvalue weighted by atomic mass is 32.3. The average molecular weight is 450 g/mol. The fourth-order valence-electron chi connectivity index (χ4n) is 3.93. The molecule has 0 aromatic carbocycles. The summed E-state index contributed by atoms with van der Waals surface area (Å²) in [6.07, 6.45) is 25.4. The van der Waals surface area contributed by atoms with Crippen molar-refractivity contribution in [1.82, 2.24) is 4.90 Å². The van der Waals surface area contributed by atoms with Gasteiger partial charge in [0, 0.05) is 0 Å². The second-order valence-electron chi connectivity index (χ2n) is 9.09. The molecule has 0 aliphatic heterocycles. The molecule has 0 aliphatic rings. The number of nitrogens with zero attached hydrogens (tertiary/aromatic N) is 1. The van der Waals surface area contributed by atoms with E-state index >= 15 is 0 Å². The van der Waals surface area contributed by atoms with Crippen LogP contribution in [0.5, 0.6) is 0 Å². The minimum atomic E-state index is -4.38. The van der Waals surface area contributed by atoms with Crippen LogP contribution in [0.25, 0.3) is 0 Å². The van der Waals surface area contributed by atoms with E-state index in [0.717, 1.165) is 12.8 Å². The summed E-state index contributed by atoms with van der Waals surface area (Å²) in [5.41, 5.74) is 0. The molecular formula is C24H51NO4S. The van der Waals surface area contributed by atoms with Crippen molar-refractivity contribution < 1.29 is 17.2 Å². The third-order valence-corrected chi connectivity index (χ3v) is 6.33. The summed E-state index contributed by atoms with van der Waals surface area (Å²) >= 11 is 0. The first kappa shape index (κ1) is 29.8. The minimum absolute atomic E-state index is 0.578. The van der Waals surface area contributed by atoms with Gasteiger partial charge in [0.15, 0.2) is 0 Å². The molecule has 1 unspecified atom stereocenters. The molecule has 0 rings (SSSR count). The molecule has 0 amide bonds. The molecule has 1 N–H and O–H groups in total. The molecule has 0 aliphatic carbocycles. The highest BCUT2D eigenvalue weighted by Gasteiger charge is 2.18. The molecule has 30 heavy (non-hydrogen) atoms. The average Bonchev–Trinajstić information content (AvgIpc) is 2.67. The summed E-state index contributed by atoms with van der Waals surface area (Å²) in [5, 5.41) is 0. The van der Waals surface area contributed by atoms with Crippen molar-refractivity contribution in [3.8, 4) is 0 Å². The van der Waals surface area contributed by atoms with Gasteiger partial charge in [0.25, 0.3) is 0 Å². The van der Waals surface area contributed by atoms with Gasteiger partial charge in [-0.15, -0.1) is 0 Å². The van der Waals surface area contributed by atoms with Crippen molar-refractivity contribution in [3.05, 3.63) is 0 Å². The van der Waals surface area contributed by atoms with Gasteiger partial charge in [-0.3, -0.25) is 9.45 Å². The van der Waals surface area contributed by atoms with Crippen LogP contribution in [0.3, 0.4) is 0 Å². The van der Waals surface area contributed by atoms with Crippen molar-refractivity contribution in [1.29, 1.82) is 0 Å². The molecule has 1 atom stereocenters. The van der Waals surface area contributed by atoms with Crippen LogP contribution in [0.2, 0.25) is 0 Å². The van der Waals surface area contributed by atoms with Crippen LogP contribution in [0.4, 0.5) is 0 Å². The van der Waals surface area contributed by atoms with Crippen LogP contribution < -0.4 is 0 Å². The standard InChI is InChI=1S/C24H51NO4S/c1-4-5-6-7-8-9-10-11-12-13-14-15-16-17-18-19-20-21-22-23-24(25(2)3)29-30(26,27)28/h24H,4-23H2,1-3H3,(H,26,27,28). The monoisotopic (exact) mass is 449 g/mol. The maximum Gasteiger partial charge on any atom is 0.398 e. The molecule has 0 bridgehead atoms. The van der Waals surface area contributed by atoms with Crippen LogP contribution in [-0.2, 0) is 14.6 Å². The van der Waals surface area contributed by atoms with E-state index in [0.29, 0.717) is 6.42 Å². The predicted molar refractivity (Wildman–Crippen MR) is 128 cm³/mol. The molecule has 5 nitrogen and oxygen atoms in total. The van der Waals surface area contributed by atoms with E-state index in [-0.39, 0.29) is 0 Å². The van der Waals surface area contributed by atoms with Gasteiger partial charge in [-0.25, -0.2) is 4.18 Å². The molecule has 0 radical (unpaired) electrons. The van der Waals surface area contributed by atoms with E-state index in [1.54, 1.807) is 19.0 Å². The van der Waals surface area contributed by atoms with Gasteiger partial charge in [0.2, 0.25) is 0 Å². The van der Waals surface area contributed by atoms with Gasteiger partial charge in [-0.2, -0.15) is 8.42 Å². The van der Waals surface area contributed by atoms with E-state index in [1.165, 1.54) is 109 Å². The third kappa shape index (κ3) is 22.5. The van der Waals surface area contributed by atoms with E-state index < -0.39 is 16.6 Å². The lowest BCUT2D eigenvalue weighted by molar-refractivity contribution is 0.0494. The Hall–Kier alpha value is -0.170. The second-order valence-corrected chi connectivity index (χ2v) is 10.1. The molecule has 182 valence electrons. The Balaban J connectivity index is 3.29. The van der Waals surface area contributed by atoms with E-state index in [9.17, 15) is 8.42 Å². The fourth-order valence-corrected chi connectivity index (χ4v) is 4.48. The predicted octanol–water partition coefficient (Wildman–Crippen LogP) is 7.52. The van der Waals surface area contributed by atoms with Crippen LogP contribution in [0, 0.1) is 0 Å². The molecule has 6 heteroatoms. The Morgan fingerprint density at radius 1 is 0.633 bits per heavy atom. The lowest BCUT2D eigenvalue weighted by atomic mass is 10.0. The SMILES string of the molecule is CCCCCCCCCCCCCCCCCCCCCC(OS(=O)(=O)O)N(C)C. The summed E-state index contributed by atoms with van der Waals surface area (Å²) in [7, 11) is -0.874. The zero-order chi connectivity index (χ0) is 22.5. The first-order valence-electron chi connectivity index (χ1n) is 12.7. The molecule has 0 fully saturated rings. The van der Waals surface area contributed by atoms with Crippen LogP contribution in [-0.4, -0.2) is 38.2 Å². The summed E-state index contributed by atoms with van der Waals surface area (Å²) in [4.78, 5) is 1.68.